The van der Waals surface area contributed by atoms with Gasteiger partial charge < -0.3 is 4.74 Å². The predicted molar refractivity (Wildman–Crippen MR) is 88.8 cm³/mol. The van der Waals surface area contributed by atoms with Gasteiger partial charge >= 0.3 is 5.97 Å². The highest BCUT2D eigenvalue weighted by molar-refractivity contribution is 8.00. The summed E-state index contributed by atoms with van der Waals surface area (Å²) in [7, 11) is -3.46. The van der Waals surface area contributed by atoms with Crippen molar-refractivity contribution in [2.24, 2.45) is 0 Å². The minimum Gasteiger partial charge on any atom is -0.465 e. The van der Waals surface area contributed by atoms with E-state index in [0.29, 0.717) is 24.7 Å². The summed E-state index contributed by atoms with van der Waals surface area (Å²) >= 11 is 1.25. The lowest BCUT2D eigenvalue weighted by molar-refractivity contribution is -0.142. The lowest BCUT2D eigenvalue weighted by Gasteiger charge is -2.25. The minimum absolute atomic E-state index is 0.201. The highest BCUT2D eigenvalue weighted by atomic mass is 32.2. The first-order chi connectivity index (χ1) is 10.9. The lowest BCUT2D eigenvalue weighted by Crippen LogP contribution is -2.35. The number of pyridine rings is 1. The van der Waals surface area contributed by atoms with Crippen LogP contribution < -0.4 is 0 Å². The molecule has 1 aliphatic heterocycles. The summed E-state index contributed by atoms with van der Waals surface area (Å²) in [5.41, 5.74) is 0. The highest BCUT2D eigenvalue weighted by Crippen LogP contribution is 2.25. The van der Waals surface area contributed by atoms with Crippen molar-refractivity contribution in [3.05, 3.63) is 18.3 Å². The van der Waals surface area contributed by atoms with Gasteiger partial charge in [-0.25, -0.2) is 13.4 Å². The van der Waals surface area contributed by atoms with Crippen molar-refractivity contribution < 1.29 is 17.9 Å². The van der Waals surface area contributed by atoms with Gasteiger partial charge in [0.1, 0.15) is 10.1 Å². The first-order valence-corrected chi connectivity index (χ1v) is 10.1. The average molecular weight is 358 g/mol. The van der Waals surface area contributed by atoms with Crippen molar-refractivity contribution in [2.75, 3.05) is 19.7 Å². The molecule has 1 atom stereocenters. The molecular weight excluding hydrogens is 336 g/mol. The Kier molecular flexibility index (Phi) is 6.43. The molecule has 0 bridgehead atoms. The van der Waals surface area contributed by atoms with Crippen LogP contribution >= 0.6 is 11.8 Å². The topological polar surface area (TPSA) is 76.6 Å². The van der Waals surface area contributed by atoms with Crippen LogP contribution in [0.15, 0.2) is 28.3 Å². The Morgan fingerprint density at radius 1 is 1.35 bits per heavy atom. The Morgan fingerprint density at radius 2 is 2.04 bits per heavy atom. The van der Waals surface area contributed by atoms with Crippen LogP contribution in [0, 0.1) is 0 Å². The molecule has 0 amide bonds. The molecule has 1 aromatic heterocycles. The number of carbonyl (C=O) groups excluding carboxylic acids is 1. The maximum atomic E-state index is 12.5. The van der Waals surface area contributed by atoms with Gasteiger partial charge in [-0.1, -0.05) is 18.2 Å². The second kappa shape index (κ2) is 8.12. The first-order valence-electron chi connectivity index (χ1n) is 7.74. The second-order valence-electron chi connectivity index (χ2n) is 5.31. The Morgan fingerprint density at radius 3 is 2.61 bits per heavy atom. The van der Waals surface area contributed by atoms with E-state index in [9.17, 15) is 13.2 Å². The van der Waals surface area contributed by atoms with Crippen LogP contribution in [0.5, 0.6) is 0 Å². The molecule has 0 saturated carbocycles. The van der Waals surface area contributed by atoms with Crippen LogP contribution in [0.2, 0.25) is 0 Å². The molecule has 0 aliphatic carbocycles. The molecule has 1 saturated heterocycles. The summed E-state index contributed by atoms with van der Waals surface area (Å²) in [6.07, 6.45) is 4.24. The molecule has 0 spiro atoms. The van der Waals surface area contributed by atoms with Crippen molar-refractivity contribution >= 4 is 27.8 Å². The van der Waals surface area contributed by atoms with E-state index in [1.54, 1.807) is 26.0 Å². The smallest absolute Gasteiger partial charge is 0.319 e. The van der Waals surface area contributed by atoms with Gasteiger partial charge in [0.15, 0.2) is 0 Å². The van der Waals surface area contributed by atoms with E-state index in [1.807, 2.05) is 0 Å². The number of hydrogen-bond acceptors (Lipinski definition) is 6. The maximum Gasteiger partial charge on any atom is 0.319 e. The minimum atomic E-state index is -3.46. The van der Waals surface area contributed by atoms with Crippen molar-refractivity contribution in [1.29, 1.82) is 0 Å². The zero-order valence-corrected chi connectivity index (χ0v) is 15.0. The molecular formula is C15H22N2O4S2. The Labute approximate surface area is 141 Å². The Bertz CT molecular complexity index is 625. The standard InChI is InChI=1S/C15H22N2O4S2/c1-3-21-15(18)12(2)22-14-8-7-13(11-16-14)23(19,20)17-9-5-4-6-10-17/h7-8,11-12H,3-6,9-10H2,1-2H3/t12-/m1/s1. The van der Waals surface area contributed by atoms with Crippen molar-refractivity contribution in [3.63, 3.8) is 0 Å². The number of piperidine rings is 1. The average Bonchev–Trinajstić information content (AvgIpc) is 2.56. The number of aromatic nitrogens is 1. The van der Waals surface area contributed by atoms with Crippen molar-refractivity contribution in [2.45, 2.75) is 48.3 Å². The van der Waals surface area contributed by atoms with E-state index in [4.69, 9.17) is 4.74 Å². The van der Waals surface area contributed by atoms with Gasteiger partial charge in [0.2, 0.25) is 10.0 Å². The van der Waals surface area contributed by atoms with E-state index >= 15 is 0 Å². The van der Waals surface area contributed by atoms with E-state index in [-0.39, 0.29) is 16.1 Å². The van der Waals surface area contributed by atoms with Gasteiger partial charge in [-0.3, -0.25) is 4.79 Å². The molecule has 0 N–H and O–H groups in total. The molecule has 0 aromatic carbocycles. The largest absolute Gasteiger partial charge is 0.465 e. The van der Waals surface area contributed by atoms with Crippen molar-refractivity contribution in [3.8, 4) is 0 Å². The summed E-state index contributed by atoms with van der Waals surface area (Å²) in [6.45, 7) is 4.97. The Balaban J connectivity index is 2.05. The summed E-state index contributed by atoms with van der Waals surface area (Å²) in [4.78, 5) is 16.0. The highest BCUT2D eigenvalue weighted by Gasteiger charge is 2.26. The second-order valence-corrected chi connectivity index (χ2v) is 8.61. The fourth-order valence-corrected chi connectivity index (χ4v) is 4.58. The van der Waals surface area contributed by atoms with Gasteiger partial charge in [0.05, 0.1) is 11.6 Å². The molecule has 2 heterocycles. The SMILES string of the molecule is CCOC(=O)[C@@H](C)Sc1ccc(S(=O)(=O)N2CCCCC2)cn1. The maximum absolute atomic E-state index is 12.5. The summed E-state index contributed by atoms with van der Waals surface area (Å²) in [6, 6.07) is 3.19. The fourth-order valence-electron chi connectivity index (χ4n) is 2.33. The molecule has 1 fully saturated rings. The van der Waals surface area contributed by atoms with E-state index in [2.05, 4.69) is 4.98 Å². The molecule has 0 radical (unpaired) electrons. The zero-order valence-electron chi connectivity index (χ0n) is 13.4. The molecule has 8 heteroatoms. The van der Waals surface area contributed by atoms with Crippen LogP contribution in [-0.4, -0.2) is 48.6 Å². The van der Waals surface area contributed by atoms with Gasteiger partial charge in [-0.05, 0) is 38.8 Å². The van der Waals surface area contributed by atoms with Crippen LogP contribution in [0.25, 0.3) is 0 Å². The number of rotatable bonds is 6. The van der Waals surface area contributed by atoms with Crippen LogP contribution in [0.3, 0.4) is 0 Å². The number of hydrogen-bond donors (Lipinski definition) is 0. The number of carbonyl (C=O) groups is 1. The van der Waals surface area contributed by atoms with Crippen LogP contribution in [0.4, 0.5) is 0 Å². The third-order valence-electron chi connectivity index (χ3n) is 3.58. The third kappa shape index (κ3) is 4.68. The quantitative estimate of drug-likeness (QED) is 0.574. The van der Waals surface area contributed by atoms with Crippen LogP contribution in [-0.2, 0) is 19.6 Å². The molecule has 1 aliphatic rings. The van der Waals surface area contributed by atoms with Gasteiger partial charge in [0, 0.05) is 19.3 Å². The molecule has 128 valence electrons. The third-order valence-corrected chi connectivity index (χ3v) is 6.49. The normalized spacial score (nSPS) is 17.7. The van der Waals surface area contributed by atoms with E-state index in [0.717, 1.165) is 19.3 Å². The number of esters is 1. The molecule has 0 unspecified atom stereocenters. The number of ether oxygens (including phenoxy) is 1. The number of sulfonamides is 1. The molecule has 23 heavy (non-hydrogen) atoms. The molecule has 1 aromatic rings. The van der Waals surface area contributed by atoms with Gasteiger partial charge in [0.25, 0.3) is 0 Å². The molecule has 2 rings (SSSR count). The van der Waals surface area contributed by atoms with Crippen molar-refractivity contribution in [1.82, 2.24) is 9.29 Å². The number of nitrogens with zero attached hydrogens (tertiary/aromatic N) is 2. The number of thioether (sulfide) groups is 1. The van der Waals surface area contributed by atoms with Gasteiger partial charge in [-0.2, -0.15) is 4.31 Å². The monoisotopic (exact) mass is 358 g/mol. The van der Waals surface area contributed by atoms with Gasteiger partial charge in [-0.15, -0.1) is 0 Å². The Hall–Kier alpha value is -1.12. The van der Waals surface area contributed by atoms with E-state index < -0.39 is 10.0 Å². The lowest BCUT2D eigenvalue weighted by atomic mass is 10.2. The predicted octanol–water partition coefficient (Wildman–Crippen LogP) is 2.30. The fraction of sp³-hybridized carbons (Fsp3) is 0.600. The van der Waals surface area contributed by atoms with Crippen LogP contribution in [0.1, 0.15) is 33.1 Å². The first kappa shape index (κ1) is 18.2. The zero-order chi connectivity index (χ0) is 16.9. The summed E-state index contributed by atoms with van der Waals surface area (Å²) < 4.78 is 31.5. The van der Waals surface area contributed by atoms with E-state index in [1.165, 1.54) is 22.3 Å². The summed E-state index contributed by atoms with van der Waals surface area (Å²) in [5.74, 6) is -0.302. The molecule has 6 nitrogen and oxygen atoms in total. The summed E-state index contributed by atoms with van der Waals surface area (Å²) in [5, 5.41) is 0.218.